The van der Waals surface area contributed by atoms with Crippen LogP contribution in [0, 0.1) is 5.82 Å². The van der Waals surface area contributed by atoms with E-state index in [0.717, 1.165) is 74.8 Å². The number of aromatic amines is 1. The lowest BCUT2D eigenvalue weighted by Crippen LogP contribution is -2.44. The summed E-state index contributed by atoms with van der Waals surface area (Å²) >= 11 is 0. The second-order valence-corrected chi connectivity index (χ2v) is 6.13. The number of nitrogens with one attached hydrogen (secondary N) is 3. The molecule has 6 nitrogen and oxygen atoms in total. The van der Waals surface area contributed by atoms with Crippen molar-refractivity contribution >= 4 is 16.9 Å². The molecule has 0 aliphatic carbocycles. The highest BCUT2D eigenvalue weighted by Crippen LogP contribution is 2.19. The summed E-state index contributed by atoms with van der Waals surface area (Å²) in [6.45, 7) is 6.18. The van der Waals surface area contributed by atoms with Crippen LogP contribution in [0.15, 0.2) is 29.4 Å². The number of hydrogen-bond acceptors (Lipinski definition) is 3. The van der Waals surface area contributed by atoms with Crippen molar-refractivity contribution in [2.24, 2.45) is 4.99 Å². The van der Waals surface area contributed by atoms with Gasteiger partial charge in [-0.25, -0.2) is 4.39 Å². The first-order valence-corrected chi connectivity index (χ1v) is 8.76. The van der Waals surface area contributed by atoms with E-state index < -0.39 is 0 Å². The van der Waals surface area contributed by atoms with Gasteiger partial charge in [0.05, 0.1) is 13.2 Å². The summed E-state index contributed by atoms with van der Waals surface area (Å²) in [5.41, 5.74) is 2.06. The van der Waals surface area contributed by atoms with Crippen LogP contribution < -0.4 is 10.6 Å². The van der Waals surface area contributed by atoms with E-state index in [-0.39, 0.29) is 5.82 Å². The van der Waals surface area contributed by atoms with Gasteiger partial charge in [-0.3, -0.25) is 9.89 Å². The van der Waals surface area contributed by atoms with Crippen LogP contribution in [0.2, 0.25) is 0 Å². The summed E-state index contributed by atoms with van der Waals surface area (Å²) in [6, 6.07) is 4.82. The maximum absolute atomic E-state index is 13.4. The molecule has 1 aliphatic heterocycles. The summed E-state index contributed by atoms with van der Waals surface area (Å²) in [5.74, 6) is 0.584. The van der Waals surface area contributed by atoms with Gasteiger partial charge in [-0.1, -0.05) is 0 Å². The molecule has 0 bridgehead atoms. The predicted molar refractivity (Wildman–Crippen MR) is 98.6 cm³/mol. The Morgan fingerprint density at radius 2 is 2.08 bits per heavy atom. The van der Waals surface area contributed by atoms with Crippen LogP contribution in [0.25, 0.3) is 10.9 Å². The van der Waals surface area contributed by atoms with E-state index >= 15 is 0 Å². The molecule has 7 heteroatoms. The van der Waals surface area contributed by atoms with Crippen molar-refractivity contribution in [2.45, 2.75) is 6.42 Å². The molecule has 136 valence electrons. The molecular weight excluding hydrogens is 321 g/mol. The number of hydrogen-bond donors (Lipinski definition) is 3. The van der Waals surface area contributed by atoms with Crippen LogP contribution in [-0.2, 0) is 11.2 Å². The molecule has 3 N–H and O–H groups in total. The second-order valence-electron chi connectivity index (χ2n) is 6.13. The lowest BCUT2D eigenvalue weighted by atomic mass is 10.1. The third-order valence-electron chi connectivity index (χ3n) is 4.46. The number of rotatable bonds is 6. The summed E-state index contributed by atoms with van der Waals surface area (Å²) in [5, 5.41) is 7.59. The summed E-state index contributed by atoms with van der Waals surface area (Å²) in [7, 11) is 1.77. The van der Waals surface area contributed by atoms with Gasteiger partial charge in [-0.2, -0.15) is 0 Å². The summed E-state index contributed by atoms with van der Waals surface area (Å²) < 4.78 is 18.8. The topological polar surface area (TPSA) is 64.7 Å². The van der Waals surface area contributed by atoms with Crippen LogP contribution >= 0.6 is 0 Å². The van der Waals surface area contributed by atoms with Gasteiger partial charge in [0.25, 0.3) is 0 Å². The Hall–Kier alpha value is -2.12. The molecule has 0 unspecified atom stereocenters. The number of guanidine groups is 1. The minimum absolute atomic E-state index is 0.207. The Balaban J connectivity index is 1.42. The van der Waals surface area contributed by atoms with Crippen molar-refractivity contribution in [1.82, 2.24) is 20.5 Å². The Kier molecular flexibility index (Phi) is 6.25. The van der Waals surface area contributed by atoms with Crippen LogP contribution in [0.4, 0.5) is 4.39 Å². The van der Waals surface area contributed by atoms with Crippen molar-refractivity contribution in [3.05, 3.63) is 35.8 Å². The maximum Gasteiger partial charge on any atom is 0.191 e. The Morgan fingerprint density at radius 3 is 2.88 bits per heavy atom. The standard InChI is InChI=1S/C18H26FN5O/c1-20-18(22-6-7-24-8-10-25-11-9-24)21-5-4-14-13-23-17-3-2-15(19)12-16(14)17/h2-3,12-13,23H,4-11H2,1H3,(H2,20,21,22). The van der Waals surface area contributed by atoms with E-state index in [1.165, 1.54) is 6.07 Å². The Labute approximate surface area is 147 Å². The number of ether oxygens (including phenoxy) is 1. The van der Waals surface area contributed by atoms with E-state index in [2.05, 4.69) is 25.5 Å². The zero-order valence-corrected chi connectivity index (χ0v) is 14.6. The lowest BCUT2D eigenvalue weighted by molar-refractivity contribution is 0.0389. The van der Waals surface area contributed by atoms with Crippen molar-refractivity contribution in [1.29, 1.82) is 0 Å². The molecule has 1 aromatic carbocycles. The Morgan fingerprint density at radius 1 is 1.28 bits per heavy atom. The van der Waals surface area contributed by atoms with Crippen LogP contribution in [0.5, 0.6) is 0 Å². The Bertz CT molecular complexity index is 709. The average molecular weight is 347 g/mol. The van der Waals surface area contributed by atoms with Gasteiger partial charge in [-0.15, -0.1) is 0 Å². The summed E-state index contributed by atoms with van der Waals surface area (Å²) in [6.07, 6.45) is 2.74. The monoisotopic (exact) mass is 347 g/mol. The minimum atomic E-state index is -0.207. The lowest BCUT2D eigenvalue weighted by Gasteiger charge is -2.26. The fourth-order valence-electron chi connectivity index (χ4n) is 3.05. The quantitative estimate of drug-likeness (QED) is 0.545. The number of morpholine rings is 1. The van der Waals surface area contributed by atoms with Gasteiger partial charge >= 0.3 is 0 Å². The second kappa shape index (κ2) is 8.82. The number of fused-ring (bicyclic) bond motifs is 1. The van der Waals surface area contributed by atoms with Crippen LogP contribution in [0.3, 0.4) is 0 Å². The van der Waals surface area contributed by atoms with Gasteiger partial charge < -0.3 is 20.4 Å². The van der Waals surface area contributed by atoms with Gasteiger partial charge in [0, 0.05) is 56.9 Å². The van der Waals surface area contributed by atoms with E-state index in [1.54, 1.807) is 19.2 Å². The molecule has 25 heavy (non-hydrogen) atoms. The van der Waals surface area contributed by atoms with Gasteiger partial charge in [0.2, 0.25) is 0 Å². The number of halogens is 1. The molecular formula is C18H26FN5O. The molecule has 1 saturated heterocycles. The molecule has 0 atom stereocenters. The highest BCUT2D eigenvalue weighted by atomic mass is 19.1. The first kappa shape index (κ1) is 17.7. The van der Waals surface area contributed by atoms with Gasteiger partial charge in [0.15, 0.2) is 5.96 Å². The maximum atomic E-state index is 13.4. The van der Waals surface area contributed by atoms with E-state index in [1.807, 2.05) is 6.20 Å². The molecule has 2 aromatic rings. The normalized spacial score (nSPS) is 16.3. The number of benzene rings is 1. The first-order valence-electron chi connectivity index (χ1n) is 8.76. The van der Waals surface area contributed by atoms with Crippen molar-refractivity contribution in [3.63, 3.8) is 0 Å². The number of nitrogens with zero attached hydrogens (tertiary/aromatic N) is 2. The first-order chi connectivity index (χ1) is 12.3. The third kappa shape index (κ3) is 4.93. The average Bonchev–Trinajstić information content (AvgIpc) is 3.03. The highest BCUT2D eigenvalue weighted by molar-refractivity contribution is 5.83. The molecule has 0 spiro atoms. The minimum Gasteiger partial charge on any atom is -0.379 e. The third-order valence-corrected chi connectivity index (χ3v) is 4.46. The molecule has 1 fully saturated rings. The largest absolute Gasteiger partial charge is 0.379 e. The number of aromatic nitrogens is 1. The number of H-pyrrole nitrogens is 1. The predicted octanol–water partition coefficient (Wildman–Crippen LogP) is 1.35. The fraction of sp³-hybridized carbons (Fsp3) is 0.500. The number of aliphatic imine (C=N–C) groups is 1. The van der Waals surface area contributed by atoms with Crippen LogP contribution in [0.1, 0.15) is 5.56 Å². The van der Waals surface area contributed by atoms with E-state index in [4.69, 9.17) is 4.74 Å². The fourth-order valence-corrected chi connectivity index (χ4v) is 3.05. The molecule has 0 radical (unpaired) electrons. The molecule has 0 saturated carbocycles. The SMILES string of the molecule is CN=C(NCCc1c[nH]c2ccc(F)cc12)NCCN1CCOCC1. The smallest absolute Gasteiger partial charge is 0.191 e. The zero-order valence-electron chi connectivity index (χ0n) is 14.6. The summed E-state index contributed by atoms with van der Waals surface area (Å²) in [4.78, 5) is 9.81. The zero-order chi connectivity index (χ0) is 17.5. The van der Waals surface area contributed by atoms with Crippen LogP contribution in [-0.4, -0.2) is 68.8 Å². The van der Waals surface area contributed by atoms with Gasteiger partial charge in [0.1, 0.15) is 5.82 Å². The highest BCUT2D eigenvalue weighted by Gasteiger charge is 2.10. The van der Waals surface area contributed by atoms with Gasteiger partial charge in [-0.05, 0) is 30.2 Å². The molecule has 1 aliphatic rings. The van der Waals surface area contributed by atoms with E-state index in [9.17, 15) is 4.39 Å². The molecule has 0 amide bonds. The van der Waals surface area contributed by atoms with Crippen molar-refractivity contribution < 1.29 is 9.13 Å². The molecule has 2 heterocycles. The molecule has 3 rings (SSSR count). The van der Waals surface area contributed by atoms with E-state index in [0.29, 0.717) is 0 Å². The molecule has 1 aromatic heterocycles. The van der Waals surface area contributed by atoms with Crippen molar-refractivity contribution in [3.8, 4) is 0 Å². The van der Waals surface area contributed by atoms with Crippen molar-refractivity contribution in [2.75, 3.05) is 53.0 Å².